The summed E-state index contributed by atoms with van der Waals surface area (Å²) >= 11 is 0. The highest BCUT2D eigenvalue weighted by molar-refractivity contribution is 4.92. The van der Waals surface area contributed by atoms with Gasteiger partial charge in [0, 0.05) is 18.5 Å². The molecule has 1 saturated heterocycles. The van der Waals surface area contributed by atoms with Gasteiger partial charge in [-0.3, -0.25) is 4.90 Å². The maximum atomic E-state index is 5.37. The fourth-order valence-electron chi connectivity index (χ4n) is 2.56. The zero-order valence-corrected chi connectivity index (χ0v) is 12.4. The summed E-state index contributed by atoms with van der Waals surface area (Å²) in [6.45, 7) is 10.5. The Kier molecular flexibility index (Phi) is 5.34. The summed E-state index contributed by atoms with van der Waals surface area (Å²) < 4.78 is 5.37. The van der Waals surface area contributed by atoms with Crippen molar-refractivity contribution in [2.24, 2.45) is 0 Å². The molecule has 0 aromatic carbocycles. The van der Waals surface area contributed by atoms with Gasteiger partial charge in [-0.25, -0.2) is 0 Å². The molecule has 0 bridgehead atoms. The van der Waals surface area contributed by atoms with Gasteiger partial charge in [0.25, 0.3) is 0 Å². The van der Waals surface area contributed by atoms with Crippen LogP contribution >= 0.6 is 0 Å². The van der Waals surface area contributed by atoms with Gasteiger partial charge in [0.15, 0.2) is 5.82 Å². The van der Waals surface area contributed by atoms with Crippen LogP contribution in [0.1, 0.15) is 57.7 Å². The summed E-state index contributed by atoms with van der Waals surface area (Å²) in [6.07, 6.45) is 3.67. The molecule has 0 aliphatic carbocycles. The Bertz CT molecular complexity index is 371. The molecule has 2 heterocycles. The largest absolute Gasteiger partial charge is 0.338 e. The van der Waals surface area contributed by atoms with Crippen molar-refractivity contribution in [3.05, 3.63) is 11.7 Å². The molecule has 0 saturated carbocycles. The Morgan fingerprint density at radius 1 is 1.47 bits per heavy atom. The van der Waals surface area contributed by atoms with E-state index < -0.39 is 0 Å². The number of nitrogens with one attached hydrogen (secondary N) is 1. The van der Waals surface area contributed by atoms with E-state index >= 15 is 0 Å². The Morgan fingerprint density at radius 2 is 2.32 bits per heavy atom. The van der Waals surface area contributed by atoms with E-state index in [2.05, 4.69) is 41.1 Å². The van der Waals surface area contributed by atoms with Gasteiger partial charge in [0.05, 0.1) is 6.54 Å². The highest BCUT2D eigenvalue weighted by Crippen LogP contribution is 2.16. The average molecular weight is 266 g/mol. The van der Waals surface area contributed by atoms with E-state index in [1.807, 2.05) is 0 Å². The summed E-state index contributed by atoms with van der Waals surface area (Å²) in [4.78, 5) is 6.96. The minimum absolute atomic E-state index is 0.327. The highest BCUT2D eigenvalue weighted by atomic mass is 16.5. The molecule has 0 radical (unpaired) electrons. The molecule has 108 valence electrons. The number of hydrogen-bond acceptors (Lipinski definition) is 5. The molecule has 1 aliphatic heterocycles. The molecule has 1 atom stereocenters. The van der Waals surface area contributed by atoms with Crippen molar-refractivity contribution < 1.29 is 4.52 Å². The summed E-state index contributed by atoms with van der Waals surface area (Å²) in [5.41, 5.74) is 0. The Labute approximate surface area is 115 Å². The predicted octanol–water partition coefficient (Wildman–Crippen LogP) is 2.16. The van der Waals surface area contributed by atoms with Crippen LogP contribution in [0.25, 0.3) is 0 Å². The monoisotopic (exact) mass is 266 g/mol. The minimum Gasteiger partial charge on any atom is -0.338 e. The standard InChI is InChI=1S/C14H26N4O/c1-4-8-18(12-6-5-7-15-9-12)10-13-16-14(11(2)3)17-19-13/h11-12,15H,4-10H2,1-3H3. The van der Waals surface area contributed by atoms with Crippen molar-refractivity contribution in [1.29, 1.82) is 0 Å². The van der Waals surface area contributed by atoms with Crippen molar-refractivity contribution in [3.8, 4) is 0 Å². The first-order valence-corrected chi connectivity index (χ1v) is 7.48. The molecule has 2 rings (SSSR count). The van der Waals surface area contributed by atoms with Crippen molar-refractivity contribution >= 4 is 0 Å². The summed E-state index contributed by atoms with van der Waals surface area (Å²) in [7, 11) is 0. The van der Waals surface area contributed by atoms with Gasteiger partial charge in [-0.1, -0.05) is 25.9 Å². The van der Waals surface area contributed by atoms with Gasteiger partial charge in [-0.05, 0) is 32.4 Å². The number of hydrogen-bond donors (Lipinski definition) is 1. The van der Waals surface area contributed by atoms with Crippen LogP contribution in [0.15, 0.2) is 4.52 Å². The van der Waals surface area contributed by atoms with E-state index in [9.17, 15) is 0 Å². The quantitative estimate of drug-likeness (QED) is 0.855. The fraction of sp³-hybridized carbons (Fsp3) is 0.857. The van der Waals surface area contributed by atoms with Gasteiger partial charge in [0.2, 0.25) is 5.89 Å². The normalized spacial score (nSPS) is 20.4. The summed E-state index contributed by atoms with van der Waals surface area (Å²) in [5.74, 6) is 1.89. The zero-order valence-electron chi connectivity index (χ0n) is 12.4. The van der Waals surface area contributed by atoms with E-state index in [0.29, 0.717) is 12.0 Å². The predicted molar refractivity (Wildman–Crippen MR) is 75.0 cm³/mol. The third-order valence-corrected chi connectivity index (χ3v) is 3.64. The van der Waals surface area contributed by atoms with E-state index in [-0.39, 0.29) is 0 Å². The van der Waals surface area contributed by atoms with Gasteiger partial charge in [0.1, 0.15) is 0 Å². The topological polar surface area (TPSA) is 54.2 Å². The van der Waals surface area contributed by atoms with Crippen molar-refractivity contribution in [1.82, 2.24) is 20.4 Å². The molecule has 1 fully saturated rings. The number of aromatic nitrogens is 2. The first-order valence-electron chi connectivity index (χ1n) is 7.48. The lowest BCUT2D eigenvalue weighted by atomic mass is 10.1. The number of piperidine rings is 1. The van der Waals surface area contributed by atoms with Crippen LogP contribution in [-0.2, 0) is 6.54 Å². The minimum atomic E-state index is 0.327. The lowest BCUT2D eigenvalue weighted by Gasteiger charge is -2.33. The third-order valence-electron chi connectivity index (χ3n) is 3.64. The van der Waals surface area contributed by atoms with E-state index in [1.54, 1.807) is 0 Å². The lowest BCUT2D eigenvalue weighted by molar-refractivity contribution is 0.140. The highest BCUT2D eigenvalue weighted by Gasteiger charge is 2.22. The van der Waals surface area contributed by atoms with Gasteiger partial charge in [-0.15, -0.1) is 0 Å². The number of rotatable bonds is 6. The molecular formula is C14H26N4O. The molecule has 19 heavy (non-hydrogen) atoms. The second-order valence-corrected chi connectivity index (χ2v) is 5.67. The van der Waals surface area contributed by atoms with Crippen LogP contribution < -0.4 is 5.32 Å². The molecule has 1 unspecified atom stereocenters. The average Bonchev–Trinajstić information content (AvgIpc) is 2.88. The molecule has 1 aromatic rings. The molecule has 0 amide bonds. The molecule has 1 aromatic heterocycles. The summed E-state index contributed by atoms with van der Waals surface area (Å²) in [5, 5.41) is 7.52. The van der Waals surface area contributed by atoms with Crippen LogP contribution in [0.3, 0.4) is 0 Å². The maximum Gasteiger partial charge on any atom is 0.240 e. The first kappa shape index (κ1) is 14.5. The Morgan fingerprint density at radius 3 is 2.89 bits per heavy atom. The van der Waals surface area contributed by atoms with E-state index in [0.717, 1.165) is 44.3 Å². The second kappa shape index (κ2) is 7.01. The smallest absolute Gasteiger partial charge is 0.240 e. The SMILES string of the molecule is CCCN(Cc1nc(C(C)C)no1)C1CCCNC1. The van der Waals surface area contributed by atoms with E-state index in [1.165, 1.54) is 12.8 Å². The lowest BCUT2D eigenvalue weighted by Crippen LogP contribution is -2.45. The first-order chi connectivity index (χ1) is 9.20. The van der Waals surface area contributed by atoms with Crippen LogP contribution in [-0.4, -0.2) is 40.7 Å². The molecule has 1 N–H and O–H groups in total. The maximum absolute atomic E-state index is 5.37. The Hall–Kier alpha value is -0.940. The van der Waals surface area contributed by atoms with Gasteiger partial charge in [-0.2, -0.15) is 4.98 Å². The van der Waals surface area contributed by atoms with Gasteiger partial charge >= 0.3 is 0 Å². The molecule has 0 spiro atoms. The van der Waals surface area contributed by atoms with Crippen LogP contribution in [0.2, 0.25) is 0 Å². The van der Waals surface area contributed by atoms with Gasteiger partial charge < -0.3 is 9.84 Å². The third kappa shape index (κ3) is 4.01. The Balaban J connectivity index is 1.98. The molecule has 5 heteroatoms. The molecular weight excluding hydrogens is 240 g/mol. The molecule has 1 aliphatic rings. The van der Waals surface area contributed by atoms with Crippen LogP contribution in [0, 0.1) is 0 Å². The molecule has 5 nitrogen and oxygen atoms in total. The summed E-state index contributed by atoms with van der Waals surface area (Å²) in [6, 6.07) is 0.600. The van der Waals surface area contributed by atoms with Crippen molar-refractivity contribution in [2.45, 2.75) is 58.5 Å². The zero-order chi connectivity index (χ0) is 13.7. The van der Waals surface area contributed by atoms with E-state index in [4.69, 9.17) is 4.52 Å². The van der Waals surface area contributed by atoms with Crippen LogP contribution in [0.4, 0.5) is 0 Å². The second-order valence-electron chi connectivity index (χ2n) is 5.67. The number of nitrogens with zero attached hydrogens (tertiary/aromatic N) is 3. The van der Waals surface area contributed by atoms with Crippen molar-refractivity contribution in [3.63, 3.8) is 0 Å². The fourth-order valence-corrected chi connectivity index (χ4v) is 2.56. The van der Waals surface area contributed by atoms with Crippen LogP contribution in [0.5, 0.6) is 0 Å². The van der Waals surface area contributed by atoms with Crippen molar-refractivity contribution in [2.75, 3.05) is 19.6 Å².